The molecule has 1 heterocycles. The van der Waals surface area contributed by atoms with Gasteiger partial charge in [0.15, 0.2) is 5.69 Å². The van der Waals surface area contributed by atoms with E-state index in [0.717, 1.165) is 44.3 Å². The number of aromatic nitrogens is 1. The first kappa shape index (κ1) is 19.3. The summed E-state index contributed by atoms with van der Waals surface area (Å²) in [4.78, 5) is 35.9. The van der Waals surface area contributed by atoms with E-state index in [0.29, 0.717) is 5.92 Å². The van der Waals surface area contributed by atoms with Crippen molar-refractivity contribution in [3.63, 3.8) is 0 Å². The van der Waals surface area contributed by atoms with Gasteiger partial charge in [0.2, 0.25) is 11.8 Å². The molecule has 27 heavy (non-hydrogen) atoms. The lowest BCUT2D eigenvalue weighted by Gasteiger charge is -2.30. The van der Waals surface area contributed by atoms with Gasteiger partial charge in [0.05, 0.1) is 6.54 Å². The fourth-order valence-corrected chi connectivity index (χ4v) is 3.29. The zero-order valence-corrected chi connectivity index (χ0v) is 15.5. The minimum atomic E-state index is -0.673. The summed E-state index contributed by atoms with van der Waals surface area (Å²) in [5.41, 5.74) is 5.50. The van der Waals surface area contributed by atoms with Crippen molar-refractivity contribution in [1.29, 1.82) is 0 Å². The molecule has 1 atom stereocenters. The maximum absolute atomic E-state index is 12.4. The topological polar surface area (TPSA) is 139 Å². The number of amides is 3. The zero-order valence-electron chi connectivity index (χ0n) is 15.5. The van der Waals surface area contributed by atoms with Crippen molar-refractivity contribution in [3.05, 3.63) is 17.5 Å². The maximum atomic E-state index is 12.4. The highest BCUT2D eigenvalue weighted by molar-refractivity contribution is 5.96. The van der Waals surface area contributed by atoms with Crippen molar-refractivity contribution < 1.29 is 18.9 Å². The van der Waals surface area contributed by atoms with Gasteiger partial charge in [-0.25, -0.2) is 0 Å². The fourth-order valence-electron chi connectivity index (χ4n) is 3.29. The number of nitrogens with one attached hydrogen (secondary N) is 3. The molecule has 0 bridgehead atoms. The highest BCUT2D eigenvalue weighted by atomic mass is 16.5. The van der Waals surface area contributed by atoms with Gasteiger partial charge >= 0.3 is 0 Å². The molecular formula is C18H27N5O4. The van der Waals surface area contributed by atoms with E-state index in [9.17, 15) is 14.4 Å². The van der Waals surface area contributed by atoms with Crippen molar-refractivity contribution in [2.75, 3.05) is 6.54 Å². The summed E-state index contributed by atoms with van der Waals surface area (Å²) in [6.45, 7) is 1.63. The molecule has 3 rings (SSSR count). The average Bonchev–Trinajstić information content (AvgIpc) is 3.39. The summed E-state index contributed by atoms with van der Waals surface area (Å²) in [5, 5.41) is 12.3. The number of carbonyl (C=O) groups is 3. The molecule has 0 aromatic carbocycles. The second-order valence-electron chi connectivity index (χ2n) is 7.41. The molecule has 2 saturated carbocycles. The molecule has 2 aliphatic carbocycles. The molecule has 1 aromatic heterocycles. The highest BCUT2D eigenvalue weighted by Gasteiger charge is 2.30. The van der Waals surface area contributed by atoms with Crippen LogP contribution >= 0.6 is 0 Å². The van der Waals surface area contributed by atoms with Crippen LogP contribution in [0.5, 0.6) is 0 Å². The van der Waals surface area contributed by atoms with Crippen molar-refractivity contribution in [2.45, 2.75) is 69.5 Å². The van der Waals surface area contributed by atoms with Gasteiger partial charge in [-0.05, 0) is 45.4 Å². The predicted octanol–water partition coefficient (Wildman–Crippen LogP) is 0.173. The Kier molecular flexibility index (Phi) is 6.10. The number of hydrogen-bond donors (Lipinski definition) is 4. The molecule has 0 radical (unpaired) electrons. The Morgan fingerprint density at radius 2 is 1.78 bits per heavy atom. The lowest BCUT2D eigenvalue weighted by Crippen LogP contribution is -2.50. The predicted molar refractivity (Wildman–Crippen MR) is 96.8 cm³/mol. The average molecular weight is 377 g/mol. The Morgan fingerprint density at radius 3 is 2.37 bits per heavy atom. The lowest BCUT2D eigenvalue weighted by atomic mass is 9.91. The first-order valence-corrected chi connectivity index (χ1v) is 9.53. The van der Waals surface area contributed by atoms with Gasteiger partial charge in [0, 0.05) is 24.1 Å². The summed E-state index contributed by atoms with van der Waals surface area (Å²) < 4.78 is 5.17. The van der Waals surface area contributed by atoms with E-state index < -0.39 is 11.9 Å². The summed E-state index contributed by atoms with van der Waals surface area (Å²) in [5.74, 6) is 0.307. The van der Waals surface area contributed by atoms with Crippen LogP contribution in [0.15, 0.2) is 10.6 Å². The van der Waals surface area contributed by atoms with Crippen molar-refractivity contribution >= 4 is 17.7 Å². The van der Waals surface area contributed by atoms with Crippen LogP contribution in [0.25, 0.3) is 0 Å². The van der Waals surface area contributed by atoms with Crippen molar-refractivity contribution in [1.82, 2.24) is 21.1 Å². The minimum absolute atomic E-state index is 0.0124. The Balaban J connectivity index is 1.41. The second-order valence-corrected chi connectivity index (χ2v) is 7.41. The highest BCUT2D eigenvalue weighted by Crippen LogP contribution is 2.40. The normalized spacial score (nSPS) is 23.3. The molecule has 0 saturated heterocycles. The fraction of sp³-hybridized carbons (Fsp3) is 0.667. The van der Waals surface area contributed by atoms with E-state index in [1.807, 2.05) is 0 Å². The quantitative estimate of drug-likeness (QED) is 0.534. The van der Waals surface area contributed by atoms with Gasteiger partial charge in [0.25, 0.3) is 5.91 Å². The molecule has 0 aliphatic heterocycles. The van der Waals surface area contributed by atoms with Gasteiger partial charge in [0.1, 0.15) is 11.8 Å². The molecule has 5 N–H and O–H groups in total. The van der Waals surface area contributed by atoms with E-state index in [-0.39, 0.29) is 36.1 Å². The summed E-state index contributed by atoms with van der Waals surface area (Å²) in [7, 11) is 0. The van der Waals surface area contributed by atoms with Crippen molar-refractivity contribution in [2.24, 2.45) is 5.73 Å². The third kappa shape index (κ3) is 5.29. The summed E-state index contributed by atoms with van der Waals surface area (Å²) in [6, 6.07) is 1.12. The Labute approximate surface area is 157 Å². The van der Waals surface area contributed by atoms with Gasteiger partial charge in [-0.2, -0.15) is 0 Å². The van der Waals surface area contributed by atoms with Crippen LogP contribution in [0, 0.1) is 0 Å². The van der Waals surface area contributed by atoms with E-state index in [1.54, 1.807) is 13.0 Å². The van der Waals surface area contributed by atoms with Crippen LogP contribution in [0.3, 0.4) is 0 Å². The third-order valence-corrected chi connectivity index (χ3v) is 5.11. The van der Waals surface area contributed by atoms with Crippen LogP contribution in [0.1, 0.15) is 67.6 Å². The molecule has 148 valence electrons. The van der Waals surface area contributed by atoms with E-state index in [2.05, 4.69) is 21.1 Å². The number of hydrogen-bond acceptors (Lipinski definition) is 6. The largest absolute Gasteiger partial charge is 0.360 e. The van der Waals surface area contributed by atoms with E-state index >= 15 is 0 Å². The molecule has 1 unspecified atom stereocenters. The number of nitrogens with zero attached hydrogens (tertiary/aromatic N) is 1. The molecule has 0 spiro atoms. The molecule has 1 aromatic rings. The van der Waals surface area contributed by atoms with Gasteiger partial charge in [-0.15, -0.1) is 0 Å². The molecule has 9 heteroatoms. The first-order valence-electron chi connectivity index (χ1n) is 9.53. The van der Waals surface area contributed by atoms with Crippen molar-refractivity contribution in [3.8, 4) is 0 Å². The van der Waals surface area contributed by atoms with E-state index in [4.69, 9.17) is 10.3 Å². The number of rotatable bonds is 7. The van der Waals surface area contributed by atoms with Crippen LogP contribution in [0.4, 0.5) is 0 Å². The first-order chi connectivity index (χ1) is 13.0. The SMILES string of the molecule is CC(NC(=O)c1cc(C2CC2)on1)C(=O)N[C@H]1CC[C@H](NC(=O)CN)CC1. The van der Waals surface area contributed by atoms with Gasteiger partial charge in [-0.3, -0.25) is 14.4 Å². The Bertz CT molecular complexity index is 692. The Morgan fingerprint density at radius 1 is 1.15 bits per heavy atom. The van der Waals surface area contributed by atoms with Gasteiger partial charge < -0.3 is 26.2 Å². The number of nitrogens with two attached hydrogens (primary N) is 1. The van der Waals surface area contributed by atoms with Crippen LogP contribution < -0.4 is 21.7 Å². The monoisotopic (exact) mass is 377 g/mol. The molecule has 2 fully saturated rings. The molecule has 3 amide bonds. The summed E-state index contributed by atoms with van der Waals surface area (Å²) >= 11 is 0. The minimum Gasteiger partial charge on any atom is -0.360 e. The van der Waals surface area contributed by atoms with Gasteiger partial charge in [-0.1, -0.05) is 5.16 Å². The maximum Gasteiger partial charge on any atom is 0.274 e. The van der Waals surface area contributed by atoms with E-state index in [1.165, 1.54) is 0 Å². The lowest BCUT2D eigenvalue weighted by molar-refractivity contribution is -0.124. The van der Waals surface area contributed by atoms with Crippen LogP contribution in [0.2, 0.25) is 0 Å². The van der Waals surface area contributed by atoms with Crippen LogP contribution in [-0.4, -0.2) is 47.5 Å². The molecule has 9 nitrogen and oxygen atoms in total. The third-order valence-electron chi connectivity index (χ3n) is 5.11. The molecule has 2 aliphatic rings. The second kappa shape index (κ2) is 8.51. The molecular weight excluding hydrogens is 350 g/mol. The standard InChI is InChI=1S/C18H27N5O4/c1-10(20-18(26)14-8-15(27-23-14)11-2-3-11)17(25)22-13-6-4-12(5-7-13)21-16(24)9-19/h8,10-13H,2-7,9,19H2,1H3,(H,20,26)(H,21,24)(H,22,25)/t10?,12-,13-. The Hall–Kier alpha value is -2.42. The smallest absolute Gasteiger partial charge is 0.274 e. The summed E-state index contributed by atoms with van der Waals surface area (Å²) in [6.07, 6.45) is 5.26. The zero-order chi connectivity index (χ0) is 19.4. The van der Waals surface area contributed by atoms with Crippen LogP contribution in [-0.2, 0) is 9.59 Å². The number of carbonyl (C=O) groups excluding carboxylic acids is 3.